The molecular weight excluding hydrogens is 312 g/mol. The molecule has 4 rings (SSSR count). The van der Waals surface area contributed by atoms with Gasteiger partial charge in [0.05, 0.1) is 0 Å². The predicted octanol–water partition coefficient (Wildman–Crippen LogP) is 3.23. The average molecular weight is 336 g/mol. The number of ether oxygens (including phenoxy) is 1. The van der Waals surface area contributed by atoms with Gasteiger partial charge in [-0.3, -0.25) is 0 Å². The zero-order valence-electron chi connectivity index (χ0n) is 15.0. The number of rotatable bonds is 2. The number of hydrogen-bond acceptors (Lipinski definition) is 5. The lowest BCUT2D eigenvalue weighted by Crippen LogP contribution is -2.41. The van der Waals surface area contributed by atoms with Crippen LogP contribution in [0.25, 0.3) is 11.1 Å². The molecule has 1 aromatic heterocycles. The third-order valence-electron chi connectivity index (χ3n) is 5.46. The van der Waals surface area contributed by atoms with Crippen molar-refractivity contribution in [1.29, 1.82) is 0 Å². The fourth-order valence-corrected chi connectivity index (χ4v) is 3.97. The summed E-state index contributed by atoms with van der Waals surface area (Å²) in [6.07, 6.45) is 6.69. The van der Waals surface area contributed by atoms with Crippen LogP contribution in [0.4, 0.5) is 0 Å². The smallest absolute Gasteiger partial charge is 0.282 e. The maximum Gasteiger partial charge on any atom is 0.282 e. The van der Waals surface area contributed by atoms with Crippen LogP contribution in [0.1, 0.15) is 50.1 Å². The lowest BCUT2D eigenvalue weighted by atomic mass is 9.74. The fourth-order valence-electron chi connectivity index (χ4n) is 3.97. The van der Waals surface area contributed by atoms with Crippen LogP contribution in [0.3, 0.4) is 0 Å². The Kier molecular flexibility index (Phi) is 3.74. The molecule has 0 radical (unpaired) electrons. The van der Waals surface area contributed by atoms with E-state index >= 15 is 0 Å². The summed E-state index contributed by atoms with van der Waals surface area (Å²) in [4.78, 5) is 13.7. The Balaban J connectivity index is 1.70. The average Bonchev–Trinajstić information content (AvgIpc) is 2.87. The van der Waals surface area contributed by atoms with E-state index in [0.29, 0.717) is 11.9 Å². The van der Waals surface area contributed by atoms with Crippen LogP contribution in [0.5, 0.6) is 0 Å². The molecule has 2 aliphatic rings. The molecule has 2 N–H and O–H groups in total. The molecule has 2 atom stereocenters. The number of benzene rings is 1. The van der Waals surface area contributed by atoms with Crippen molar-refractivity contribution >= 4 is 6.02 Å². The van der Waals surface area contributed by atoms with Gasteiger partial charge in [-0.15, -0.1) is 0 Å². The van der Waals surface area contributed by atoms with E-state index in [1.54, 1.807) is 0 Å². The standard InChI is InChI=1S/C20H24N4O/c1-12(2)18-22-10-15(11-23-18)16-6-4-5-14-9-20(8-7-17(14)16)13(3)25-19(21)24-20/h4-6,10-13H,7-9H2,1-3H3,(H2,21,24). The SMILES string of the molecule is CC(C)c1ncc(-c2cccc3c2CCC2(C3)N=C(N)OC2C)cn1. The highest BCUT2D eigenvalue weighted by atomic mass is 16.5. The molecule has 0 saturated heterocycles. The minimum Gasteiger partial charge on any atom is -0.460 e. The van der Waals surface area contributed by atoms with Crippen LogP contribution in [0, 0.1) is 0 Å². The minimum absolute atomic E-state index is 0.0259. The monoisotopic (exact) mass is 336 g/mol. The van der Waals surface area contributed by atoms with Gasteiger partial charge in [0.2, 0.25) is 0 Å². The molecular formula is C20H24N4O. The summed E-state index contributed by atoms with van der Waals surface area (Å²) < 4.78 is 5.63. The van der Waals surface area contributed by atoms with E-state index in [4.69, 9.17) is 10.5 Å². The van der Waals surface area contributed by atoms with Crippen molar-refractivity contribution in [2.45, 2.75) is 57.6 Å². The number of fused-ring (bicyclic) bond motifs is 1. The second kappa shape index (κ2) is 5.83. The zero-order chi connectivity index (χ0) is 17.6. The second-order valence-electron chi connectivity index (χ2n) is 7.42. The maximum absolute atomic E-state index is 5.82. The van der Waals surface area contributed by atoms with Gasteiger partial charge in [-0.05, 0) is 36.5 Å². The van der Waals surface area contributed by atoms with Gasteiger partial charge in [-0.1, -0.05) is 32.0 Å². The highest BCUT2D eigenvalue weighted by molar-refractivity contribution is 5.75. The quantitative estimate of drug-likeness (QED) is 0.914. The number of hydrogen-bond donors (Lipinski definition) is 1. The summed E-state index contributed by atoms with van der Waals surface area (Å²) in [7, 11) is 0. The molecule has 1 aliphatic carbocycles. The van der Waals surface area contributed by atoms with Gasteiger partial charge < -0.3 is 10.5 Å². The summed E-state index contributed by atoms with van der Waals surface area (Å²) in [5, 5.41) is 0. The van der Waals surface area contributed by atoms with Crippen molar-refractivity contribution in [3.63, 3.8) is 0 Å². The van der Waals surface area contributed by atoms with Crippen molar-refractivity contribution in [2.24, 2.45) is 10.7 Å². The molecule has 5 heteroatoms. The zero-order valence-corrected chi connectivity index (χ0v) is 15.0. The van der Waals surface area contributed by atoms with Gasteiger partial charge >= 0.3 is 0 Å². The Labute approximate surface area is 148 Å². The number of amidine groups is 1. The Hall–Kier alpha value is -2.43. The lowest BCUT2D eigenvalue weighted by Gasteiger charge is -2.35. The Morgan fingerprint density at radius 1 is 1.24 bits per heavy atom. The van der Waals surface area contributed by atoms with Crippen LogP contribution in [0.2, 0.25) is 0 Å². The van der Waals surface area contributed by atoms with E-state index in [2.05, 4.69) is 53.9 Å². The molecule has 5 nitrogen and oxygen atoms in total. The number of nitrogens with zero attached hydrogens (tertiary/aromatic N) is 3. The van der Waals surface area contributed by atoms with E-state index < -0.39 is 0 Å². The minimum atomic E-state index is -0.215. The molecule has 0 saturated carbocycles. The first-order chi connectivity index (χ1) is 12.0. The molecule has 25 heavy (non-hydrogen) atoms. The van der Waals surface area contributed by atoms with E-state index in [1.165, 1.54) is 16.7 Å². The third-order valence-corrected chi connectivity index (χ3v) is 5.46. The van der Waals surface area contributed by atoms with Crippen molar-refractivity contribution < 1.29 is 4.74 Å². The van der Waals surface area contributed by atoms with Crippen LogP contribution in [-0.2, 0) is 17.6 Å². The van der Waals surface area contributed by atoms with Gasteiger partial charge in [0.25, 0.3) is 6.02 Å². The second-order valence-corrected chi connectivity index (χ2v) is 7.42. The van der Waals surface area contributed by atoms with Crippen molar-refractivity contribution in [3.05, 3.63) is 47.5 Å². The summed E-state index contributed by atoms with van der Waals surface area (Å²) >= 11 is 0. The van der Waals surface area contributed by atoms with Gasteiger partial charge in [0.1, 0.15) is 17.5 Å². The van der Waals surface area contributed by atoms with Gasteiger partial charge in [-0.25, -0.2) is 15.0 Å². The largest absolute Gasteiger partial charge is 0.460 e. The fraction of sp³-hybridized carbons (Fsp3) is 0.450. The van der Waals surface area contributed by atoms with Crippen LogP contribution in [0.15, 0.2) is 35.6 Å². The van der Waals surface area contributed by atoms with Crippen molar-refractivity contribution in [1.82, 2.24) is 9.97 Å². The molecule has 0 bridgehead atoms. The molecule has 0 amide bonds. The Morgan fingerprint density at radius 3 is 2.64 bits per heavy atom. The molecule has 1 aliphatic heterocycles. The van der Waals surface area contributed by atoms with Crippen LogP contribution in [-0.4, -0.2) is 27.6 Å². The summed E-state index contributed by atoms with van der Waals surface area (Å²) in [6, 6.07) is 6.79. The number of aliphatic imine (C=N–C) groups is 1. The first-order valence-electron chi connectivity index (χ1n) is 8.93. The topological polar surface area (TPSA) is 73.4 Å². The molecule has 2 aromatic rings. The normalized spacial score (nSPS) is 25.0. The molecule has 1 spiro atoms. The first-order valence-corrected chi connectivity index (χ1v) is 8.93. The van der Waals surface area contributed by atoms with Crippen LogP contribution >= 0.6 is 0 Å². The van der Waals surface area contributed by atoms with E-state index in [9.17, 15) is 0 Å². The van der Waals surface area contributed by atoms with E-state index in [1.807, 2.05) is 12.4 Å². The molecule has 2 heterocycles. The van der Waals surface area contributed by atoms with Gasteiger partial charge in [-0.2, -0.15) is 0 Å². The lowest BCUT2D eigenvalue weighted by molar-refractivity contribution is 0.140. The molecule has 0 fully saturated rings. The highest BCUT2D eigenvalue weighted by Gasteiger charge is 2.45. The summed E-state index contributed by atoms with van der Waals surface area (Å²) in [5.41, 5.74) is 10.6. The van der Waals surface area contributed by atoms with E-state index in [-0.39, 0.29) is 11.6 Å². The molecule has 1 aromatic carbocycles. The first kappa shape index (κ1) is 16.1. The maximum atomic E-state index is 5.82. The number of aromatic nitrogens is 2. The third kappa shape index (κ3) is 2.68. The van der Waals surface area contributed by atoms with Crippen molar-refractivity contribution in [2.75, 3.05) is 0 Å². The predicted molar refractivity (Wildman–Crippen MR) is 98.5 cm³/mol. The van der Waals surface area contributed by atoms with Gasteiger partial charge in [0, 0.05) is 30.3 Å². The summed E-state index contributed by atoms with van der Waals surface area (Å²) in [6.45, 7) is 6.28. The highest BCUT2D eigenvalue weighted by Crippen LogP contribution is 2.41. The Bertz CT molecular complexity index is 828. The number of nitrogens with two attached hydrogens (primary N) is 1. The Morgan fingerprint density at radius 2 is 2.00 bits per heavy atom. The molecule has 130 valence electrons. The molecule has 2 unspecified atom stereocenters. The van der Waals surface area contributed by atoms with Gasteiger partial charge in [0.15, 0.2) is 0 Å². The summed E-state index contributed by atoms with van der Waals surface area (Å²) in [5.74, 6) is 1.22. The van der Waals surface area contributed by atoms with Crippen LogP contribution < -0.4 is 5.73 Å². The van der Waals surface area contributed by atoms with Crippen molar-refractivity contribution in [3.8, 4) is 11.1 Å². The van der Waals surface area contributed by atoms with E-state index in [0.717, 1.165) is 30.7 Å².